The lowest BCUT2D eigenvalue weighted by atomic mass is 9.83. The van der Waals surface area contributed by atoms with Crippen molar-refractivity contribution in [1.82, 2.24) is 0 Å². The highest BCUT2D eigenvalue weighted by molar-refractivity contribution is 5.65. The Morgan fingerprint density at radius 1 is 1.27 bits per heavy atom. The predicted molar refractivity (Wildman–Crippen MR) is 66.6 cm³/mol. The monoisotopic (exact) mass is 198 g/mol. The summed E-state index contributed by atoms with van der Waals surface area (Å²) in [5.41, 5.74) is 4.14. The topological polar surface area (TPSA) is 0 Å². The van der Waals surface area contributed by atoms with Gasteiger partial charge in [-0.2, -0.15) is 0 Å². The third kappa shape index (κ3) is 2.38. The van der Waals surface area contributed by atoms with E-state index in [1.54, 1.807) is 0 Å². The lowest BCUT2D eigenvalue weighted by Crippen LogP contribution is -2.06. The van der Waals surface area contributed by atoms with E-state index in [9.17, 15) is 0 Å². The molecule has 0 radical (unpaired) electrons. The average molecular weight is 198 g/mol. The van der Waals surface area contributed by atoms with Gasteiger partial charge in [-0.3, -0.25) is 0 Å². The lowest BCUT2D eigenvalue weighted by Gasteiger charge is -2.22. The molecule has 1 aromatic carbocycles. The summed E-state index contributed by atoms with van der Waals surface area (Å²) in [5.74, 6) is 0.649. The van der Waals surface area contributed by atoms with E-state index in [1.807, 2.05) is 0 Å². The van der Waals surface area contributed by atoms with Crippen LogP contribution in [0.5, 0.6) is 0 Å². The first kappa shape index (κ1) is 10.2. The summed E-state index contributed by atoms with van der Waals surface area (Å²) < 4.78 is 0. The normalized spacial score (nSPS) is 20.9. The fraction of sp³-hybridized carbons (Fsp3) is 0.333. The van der Waals surface area contributed by atoms with E-state index in [2.05, 4.69) is 49.9 Å². The third-order valence-corrected chi connectivity index (χ3v) is 3.28. The van der Waals surface area contributed by atoms with E-state index >= 15 is 0 Å². The molecular formula is C15H18. The van der Waals surface area contributed by atoms with Crippen LogP contribution in [0.15, 0.2) is 48.6 Å². The van der Waals surface area contributed by atoms with Gasteiger partial charge in [0.05, 0.1) is 0 Å². The Bertz CT molecular complexity index is 370. The zero-order valence-electron chi connectivity index (χ0n) is 9.37. The molecule has 0 unspecified atom stereocenters. The fourth-order valence-electron chi connectivity index (χ4n) is 2.17. The van der Waals surface area contributed by atoms with Crippen molar-refractivity contribution in [3.05, 3.63) is 54.1 Å². The van der Waals surface area contributed by atoms with E-state index in [4.69, 9.17) is 0 Å². The van der Waals surface area contributed by atoms with E-state index in [-0.39, 0.29) is 0 Å². The summed E-state index contributed by atoms with van der Waals surface area (Å²) in [5, 5.41) is 0. The van der Waals surface area contributed by atoms with Crippen molar-refractivity contribution >= 4 is 5.57 Å². The van der Waals surface area contributed by atoms with Gasteiger partial charge in [-0.1, -0.05) is 48.6 Å². The molecule has 1 atom stereocenters. The van der Waals surface area contributed by atoms with Crippen LogP contribution in [-0.2, 0) is 0 Å². The molecule has 0 aliphatic heterocycles. The Labute approximate surface area is 92.3 Å². The number of hydrogen-bond acceptors (Lipinski definition) is 0. The number of hydrogen-bond donors (Lipinski definition) is 0. The Morgan fingerprint density at radius 3 is 2.60 bits per heavy atom. The highest BCUT2D eigenvalue weighted by Gasteiger charge is 2.16. The van der Waals surface area contributed by atoms with Gasteiger partial charge >= 0.3 is 0 Å². The van der Waals surface area contributed by atoms with Crippen LogP contribution in [-0.4, -0.2) is 0 Å². The molecule has 0 fully saturated rings. The number of rotatable bonds is 2. The van der Waals surface area contributed by atoms with Gasteiger partial charge in [0.15, 0.2) is 0 Å². The fourth-order valence-corrected chi connectivity index (χ4v) is 2.17. The summed E-state index contributed by atoms with van der Waals surface area (Å²) in [7, 11) is 0. The van der Waals surface area contributed by atoms with Gasteiger partial charge in [0, 0.05) is 0 Å². The van der Waals surface area contributed by atoms with Gasteiger partial charge in [0.25, 0.3) is 0 Å². The molecule has 1 aromatic rings. The van der Waals surface area contributed by atoms with Crippen LogP contribution in [0, 0.1) is 5.92 Å². The summed E-state index contributed by atoms with van der Waals surface area (Å²) in [4.78, 5) is 0. The SMILES string of the molecule is C=C(c1ccccc1)[C@H]1CC=C(C)CC1. The Hall–Kier alpha value is -1.30. The van der Waals surface area contributed by atoms with Crippen molar-refractivity contribution < 1.29 is 0 Å². The molecule has 0 N–H and O–H groups in total. The zero-order chi connectivity index (χ0) is 10.7. The zero-order valence-corrected chi connectivity index (χ0v) is 9.37. The van der Waals surface area contributed by atoms with Crippen LogP contribution in [0.4, 0.5) is 0 Å². The van der Waals surface area contributed by atoms with Crippen LogP contribution >= 0.6 is 0 Å². The molecule has 2 rings (SSSR count). The molecule has 0 spiro atoms. The van der Waals surface area contributed by atoms with Crippen molar-refractivity contribution in [2.75, 3.05) is 0 Å². The number of allylic oxidation sites excluding steroid dienone is 3. The summed E-state index contributed by atoms with van der Waals surface area (Å²) in [6.07, 6.45) is 6.02. The first-order valence-electron chi connectivity index (χ1n) is 5.67. The predicted octanol–water partition coefficient (Wildman–Crippen LogP) is 4.45. The Morgan fingerprint density at radius 2 is 2.00 bits per heavy atom. The highest BCUT2D eigenvalue weighted by Crippen LogP contribution is 2.33. The average Bonchev–Trinajstić information content (AvgIpc) is 2.30. The van der Waals surface area contributed by atoms with Crippen LogP contribution in [0.3, 0.4) is 0 Å². The Kier molecular flexibility index (Phi) is 3.05. The molecule has 15 heavy (non-hydrogen) atoms. The second-order valence-electron chi connectivity index (χ2n) is 4.41. The molecule has 0 bridgehead atoms. The smallest absolute Gasteiger partial charge is 0.0124 e. The minimum absolute atomic E-state index is 0.649. The first-order chi connectivity index (χ1) is 7.27. The van der Waals surface area contributed by atoms with Crippen molar-refractivity contribution in [3.63, 3.8) is 0 Å². The van der Waals surface area contributed by atoms with Gasteiger partial charge in [0.2, 0.25) is 0 Å². The minimum atomic E-state index is 0.649. The molecule has 0 heterocycles. The summed E-state index contributed by atoms with van der Waals surface area (Å²) >= 11 is 0. The second kappa shape index (κ2) is 4.48. The van der Waals surface area contributed by atoms with E-state index < -0.39 is 0 Å². The van der Waals surface area contributed by atoms with Crippen LogP contribution < -0.4 is 0 Å². The van der Waals surface area contributed by atoms with Crippen LogP contribution in [0.25, 0.3) is 5.57 Å². The molecule has 78 valence electrons. The Balaban J connectivity index is 2.10. The van der Waals surface area contributed by atoms with Crippen LogP contribution in [0.1, 0.15) is 31.7 Å². The number of benzene rings is 1. The molecular weight excluding hydrogens is 180 g/mol. The molecule has 0 saturated heterocycles. The maximum absolute atomic E-state index is 4.24. The molecule has 0 heteroatoms. The summed E-state index contributed by atoms with van der Waals surface area (Å²) in [6.45, 7) is 6.47. The van der Waals surface area contributed by atoms with Gasteiger partial charge in [0.1, 0.15) is 0 Å². The van der Waals surface area contributed by atoms with Crippen molar-refractivity contribution in [2.45, 2.75) is 26.2 Å². The van der Waals surface area contributed by atoms with Gasteiger partial charge in [-0.05, 0) is 43.2 Å². The first-order valence-corrected chi connectivity index (χ1v) is 5.67. The maximum atomic E-state index is 4.24. The molecule has 1 aliphatic carbocycles. The van der Waals surface area contributed by atoms with Gasteiger partial charge in [-0.15, -0.1) is 0 Å². The van der Waals surface area contributed by atoms with Crippen molar-refractivity contribution in [2.24, 2.45) is 5.92 Å². The molecule has 1 aliphatic rings. The molecule has 0 nitrogen and oxygen atoms in total. The van der Waals surface area contributed by atoms with E-state index in [1.165, 1.54) is 36.0 Å². The van der Waals surface area contributed by atoms with Crippen molar-refractivity contribution in [1.29, 1.82) is 0 Å². The second-order valence-corrected chi connectivity index (χ2v) is 4.41. The largest absolute Gasteiger partial charge is 0.0949 e. The van der Waals surface area contributed by atoms with Gasteiger partial charge in [-0.25, -0.2) is 0 Å². The third-order valence-electron chi connectivity index (χ3n) is 3.28. The van der Waals surface area contributed by atoms with Crippen LogP contribution in [0.2, 0.25) is 0 Å². The van der Waals surface area contributed by atoms with E-state index in [0.717, 1.165) is 0 Å². The molecule has 0 aromatic heterocycles. The minimum Gasteiger partial charge on any atom is -0.0949 e. The highest BCUT2D eigenvalue weighted by atomic mass is 14.2. The van der Waals surface area contributed by atoms with Crippen molar-refractivity contribution in [3.8, 4) is 0 Å². The molecule has 0 amide bonds. The molecule has 0 saturated carbocycles. The quantitative estimate of drug-likeness (QED) is 0.616. The van der Waals surface area contributed by atoms with Gasteiger partial charge < -0.3 is 0 Å². The van der Waals surface area contributed by atoms with E-state index in [0.29, 0.717) is 5.92 Å². The standard InChI is InChI=1S/C15H18/c1-12-8-10-15(11-9-12)13(2)14-6-4-3-5-7-14/h3-8,15H,2,9-11H2,1H3/t15-/m0/s1. The maximum Gasteiger partial charge on any atom is -0.0124 e. The lowest BCUT2D eigenvalue weighted by molar-refractivity contribution is 0.583. The summed E-state index contributed by atoms with van der Waals surface area (Å²) in [6, 6.07) is 10.6.